The molecule has 0 aliphatic heterocycles. The summed E-state index contributed by atoms with van der Waals surface area (Å²) >= 11 is 0. The molecule has 0 bridgehead atoms. The highest BCUT2D eigenvalue weighted by molar-refractivity contribution is 5.46. The van der Waals surface area contributed by atoms with Crippen LogP contribution in [0.15, 0.2) is 18.2 Å². The van der Waals surface area contributed by atoms with E-state index in [1.807, 2.05) is 6.92 Å². The minimum Gasteiger partial charge on any atom is -0.486 e. The summed E-state index contributed by atoms with van der Waals surface area (Å²) in [5.41, 5.74) is -0.201. The Morgan fingerprint density at radius 1 is 1.39 bits per heavy atom. The number of hydrogen-bond acceptors (Lipinski definition) is 3. The monoisotopic (exact) mass is 255 g/mol. The third-order valence-electron chi connectivity index (χ3n) is 2.52. The van der Waals surface area contributed by atoms with Crippen molar-refractivity contribution < 1.29 is 14.1 Å². The third-order valence-corrected chi connectivity index (χ3v) is 2.52. The second-order valence-corrected chi connectivity index (χ2v) is 4.91. The molecule has 0 aliphatic carbocycles. The van der Waals surface area contributed by atoms with E-state index in [9.17, 15) is 14.5 Å². The van der Waals surface area contributed by atoms with Gasteiger partial charge in [0.25, 0.3) is 0 Å². The van der Waals surface area contributed by atoms with Crippen molar-refractivity contribution in [3.8, 4) is 5.75 Å². The summed E-state index contributed by atoms with van der Waals surface area (Å²) in [7, 11) is 0. The second kappa shape index (κ2) is 6.33. The highest BCUT2D eigenvalue weighted by Crippen LogP contribution is 2.28. The van der Waals surface area contributed by atoms with Gasteiger partial charge in [0.05, 0.1) is 11.5 Å². The first-order chi connectivity index (χ1) is 8.40. The molecule has 1 atom stereocenters. The molecule has 0 spiro atoms. The molecule has 1 aromatic carbocycles. The van der Waals surface area contributed by atoms with Crippen molar-refractivity contribution in [2.75, 3.05) is 6.61 Å². The van der Waals surface area contributed by atoms with Crippen LogP contribution in [0, 0.1) is 27.8 Å². The van der Waals surface area contributed by atoms with Gasteiger partial charge >= 0.3 is 5.69 Å². The molecule has 100 valence electrons. The van der Waals surface area contributed by atoms with Crippen LogP contribution in [-0.2, 0) is 0 Å². The molecule has 0 heterocycles. The average Bonchev–Trinajstić information content (AvgIpc) is 2.25. The van der Waals surface area contributed by atoms with Crippen molar-refractivity contribution in [3.05, 3.63) is 34.1 Å². The van der Waals surface area contributed by atoms with Crippen LogP contribution in [0.25, 0.3) is 0 Å². The number of rotatable bonds is 6. The van der Waals surface area contributed by atoms with E-state index < -0.39 is 10.7 Å². The molecule has 0 amide bonds. The highest BCUT2D eigenvalue weighted by Gasteiger charge is 2.17. The van der Waals surface area contributed by atoms with Crippen LogP contribution < -0.4 is 4.74 Å². The summed E-state index contributed by atoms with van der Waals surface area (Å²) in [6.45, 7) is 6.55. The number of hydrogen-bond donors (Lipinski definition) is 0. The summed E-state index contributed by atoms with van der Waals surface area (Å²) in [5, 5.41) is 10.8. The fraction of sp³-hybridized carbons (Fsp3) is 0.538. The van der Waals surface area contributed by atoms with E-state index in [1.165, 1.54) is 0 Å². The van der Waals surface area contributed by atoms with E-state index in [4.69, 9.17) is 4.74 Å². The average molecular weight is 255 g/mol. The van der Waals surface area contributed by atoms with Crippen LogP contribution in [0.4, 0.5) is 10.1 Å². The summed E-state index contributed by atoms with van der Waals surface area (Å²) in [4.78, 5) is 10.2. The summed E-state index contributed by atoms with van der Waals surface area (Å²) in [6.07, 6.45) is 0.961. The largest absolute Gasteiger partial charge is 0.486 e. The topological polar surface area (TPSA) is 52.4 Å². The Bertz CT molecular complexity index is 421. The lowest BCUT2D eigenvalue weighted by atomic mass is 10.00. The summed E-state index contributed by atoms with van der Waals surface area (Å²) in [6, 6.07) is 3.24. The summed E-state index contributed by atoms with van der Waals surface area (Å²) < 4.78 is 18.4. The van der Waals surface area contributed by atoms with Crippen molar-refractivity contribution >= 4 is 5.69 Å². The van der Waals surface area contributed by atoms with E-state index in [-0.39, 0.29) is 17.4 Å². The Hall–Kier alpha value is -1.65. The van der Waals surface area contributed by atoms with Crippen LogP contribution >= 0.6 is 0 Å². The molecule has 0 fully saturated rings. The molecule has 4 nitrogen and oxygen atoms in total. The molecular formula is C13H18FNO3. The van der Waals surface area contributed by atoms with Gasteiger partial charge in [-0.15, -0.1) is 0 Å². The van der Waals surface area contributed by atoms with E-state index in [1.54, 1.807) is 0 Å². The van der Waals surface area contributed by atoms with E-state index in [0.717, 1.165) is 24.6 Å². The molecule has 0 saturated heterocycles. The zero-order valence-corrected chi connectivity index (χ0v) is 10.9. The predicted octanol–water partition coefficient (Wildman–Crippen LogP) is 3.79. The van der Waals surface area contributed by atoms with Gasteiger partial charge < -0.3 is 4.74 Å². The van der Waals surface area contributed by atoms with Gasteiger partial charge in [0.2, 0.25) is 0 Å². The standard InChI is InChI=1S/C13H18FNO3/c1-9(2)6-10(3)8-18-13-7-11(14)4-5-12(13)15(16)17/h4-5,7,9-10H,6,8H2,1-3H3. The Kier molecular flexibility index (Phi) is 5.07. The van der Waals surface area contributed by atoms with Crippen molar-refractivity contribution in [1.82, 2.24) is 0 Å². The molecule has 1 aromatic rings. The number of nitro benzene ring substituents is 1. The fourth-order valence-corrected chi connectivity index (χ4v) is 1.86. The quantitative estimate of drug-likeness (QED) is 0.574. The van der Waals surface area contributed by atoms with Crippen LogP contribution in [0.1, 0.15) is 27.2 Å². The first-order valence-electron chi connectivity index (χ1n) is 5.97. The lowest BCUT2D eigenvalue weighted by Gasteiger charge is -2.15. The van der Waals surface area contributed by atoms with Gasteiger partial charge in [-0.25, -0.2) is 4.39 Å². The summed E-state index contributed by atoms with van der Waals surface area (Å²) in [5.74, 6) is 0.265. The Balaban J connectivity index is 2.71. The molecule has 0 aromatic heterocycles. The van der Waals surface area contributed by atoms with Gasteiger partial charge in [0, 0.05) is 12.1 Å². The van der Waals surface area contributed by atoms with Crippen molar-refractivity contribution in [2.45, 2.75) is 27.2 Å². The highest BCUT2D eigenvalue weighted by atomic mass is 19.1. The maximum Gasteiger partial charge on any atom is 0.311 e. The Morgan fingerprint density at radius 2 is 2.06 bits per heavy atom. The van der Waals surface area contributed by atoms with Crippen molar-refractivity contribution in [2.24, 2.45) is 11.8 Å². The van der Waals surface area contributed by atoms with E-state index >= 15 is 0 Å². The number of benzene rings is 1. The van der Waals surface area contributed by atoms with E-state index in [2.05, 4.69) is 13.8 Å². The Labute approximate surface area is 106 Å². The Morgan fingerprint density at radius 3 is 2.61 bits per heavy atom. The molecule has 1 rings (SSSR count). The van der Waals surface area contributed by atoms with Gasteiger partial charge in [-0.2, -0.15) is 0 Å². The van der Waals surface area contributed by atoms with Gasteiger partial charge in [-0.3, -0.25) is 10.1 Å². The maximum absolute atomic E-state index is 13.0. The molecule has 0 N–H and O–H groups in total. The molecule has 0 radical (unpaired) electrons. The number of nitrogens with zero attached hydrogens (tertiary/aromatic N) is 1. The normalized spacial score (nSPS) is 12.5. The van der Waals surface area contributed by atoms with E-state index in [0.29, 0.717) is 12.5 Å². The van der Waals surface area contributed by atoms with Gasteiger partial charge in [0.1, 0.15) is 5.82 Å². The van der Waals surface area contributed by atoms with Gasteiger partial charge in [-0.1, -0.05) is 20.8 Å². The van der Waals surface area contributed by atoms with Crippen LogP contribution in [0.3, 0.4) is 0 Å². The number of nitro groups is 1. The van der Waals surface area contributed by atoms with Crippen molar-refractivity contribution in [1.29, 1.82) is 0 Å². The smallest absolute Gasteiger partial charge is 0.311 e. The fourth-order valence-electron chi connectivity index (χ4n) is 1.86. The van der Waals surface area contributed by atoms with Crippen LogP contribution in [0.5, 0.6) is 5.75 Å². The zero-order chi connectivity index (χ0) is 13.7. The maximum atomic E-state index is 13.0. The van der Waals surface area contributed by atoms with Crippen LogP contribution in [-0.4, -0.2) is 11.5 Å². The number of halogens is 1. The predicted molar refractivity (Wildman–Crippen MR) is 67.2 cm³/mol. The number of ether oxygens (including phenoxy) is 1. The van der Waals surface area contributed by atoms with Gasteiger partial charge in [0.15, 0.2) is 5.75 Å². The minimum atomic E-state index is -0.568. The SMILES string of the molecule is CC(C)CC(C)COc1cc(F)ccc1[N+](=O)[O-]. The lowest BCUT2D eigenvalue weighted by molar-refractivity contribution is -0.386. The zero-order valence-electron chi connectivity index (χ0n) is 10.9. The van der Waals surface area contributed by atoms with Gasteiger partial charge in [-0.05, 0) is 24.3 Å². The molecule has 18 heavy (non-hydrogen) atoms. The lowest BCUT2D eigenvalue weighted by Crippen LogP contribution is -2.11. The van der Waals surface area contributed by atoms with Crippen molar-refractivity contribution in [3.63, 3.8) is 0 Å². The second-order valence-electron chi connectivity index (χ2n) is 4.91. The molecule has 1 unspecified atom stereocenters. The molecule has 0 saturated carbocycles. The third kappa shape index (κ3) is 4.31. The minimum absolute atomic E-state index is 0.00407. The molecule has 5 heteroatoms. The first kappa shape index (κ1) is 14.4. The first-order valence-corrected chi connectivity index (χ1v) is 5.97. The molecule has 0 aliphatic rings. The molecular weight excluding hydrogens is 237 g/mol. The van der Waals surface area contributed by atoms with Crippen LogP contribution in [0.2, 0.25) is 0 Å².